The van der Waals surface area contributed by atoms with Crippen molar-refractivity contribution in [2.24, 2.45) is 0 Å². The minimum atomic E-state index is 0.258. The van der Waals surface area contributed by atoms with Crippen LogP contribution in [0.3, 0.4) is 0 Å². The van der Waals surface area contributed by atoms with E-state index in [9.17, 15) is 0 Å². The summed E-state index contributed by atoms with van der Waals surface area (Å²) in [5.74, 6) is 1.11. The van der Waals surface area contributed by atoms with E-state index in [1.54, 1.807) is 6.20 Å². The van der Waals surface area contributed by atoms with Crippen LogP contribution < -0.4 is 10.6 Å². The molecule has 0 aliphatic carbocycles. The Morgan fingerprint density at radius 3 is 2.87 bits per heavy atom. The summed E-state index contributed by atoms with van der Waals surface area (Å²) in [6, 6.07) is 1.83. The SMILES string of the molecule is CC(C)OCCN(C)c1ccnc(N)n1. The minimum Gasteiger partial charge on any atom is -0.377 e. The molecule has 0 saturated carbocycles. The number of ether oxygens (including phenoxy) is 1. The van der Waals surface area contributed by atoms with Crippen molar-refractivity contribution in [3.63, 3.8) is 0 Å². The van der Waals surface area contributed by atoms with Gasteiger partial charge in [-0.15, -0.1) is 0 Å². The zero-order valence-corrected chi connectivity index (χ0v) is 9.47. The van der Waals surface area contributed by atoms with Crippen molar-refractivity contribution >= 4 is 11.8 Å². The van der Waals surface area contributed by atoms with Crippen LogP contribution in [-0.2, 0) is 4.74 Å². The van der Waals surface area contributed by atoms with Gasteiger partial charge in [0.1, 0.15) is 5.82 Å². The summed E-state index contributed by atoms with van der Waals surface area (Å²) in [5.41, 5.74) is 5.49. The molecule has 1 heterocycles. The van der Waals surface area contributed by atoms with E-state index in [0.29, 0.717) is 12.6 Å². The summed E-state index contributed by atoms with van der Waals surface area (Å²) < 4.78 is 5.45. The van der Waals surface area contributed by atoms with E-state index in [-0.39, 0.29) is 6.10 Å². The van der Waals surface area contributed by atoms with Crippen LogP contribution in [0.5, 0.6) is 0 Å². The Morgan fingerprint density at radius 1 is 1.53 bits per heavy atom. The highest BCUT2D eigenvalue weighted by Crippen LogP contribution is 2.07. The molecular weight excluding hydrogens is 192 g/mol. The summed E-state index contributed by atoms with van der Waals surface area (Å²) in [4.78, 5) is 9.93. The largest absolute Gasteiger partial charge is 0.377 e. The molecule has 1 aromatic rings. The molecule has 0 bridgehead atoms. The summed E-state index contributed by atoms with van der Waals surface area (Å²) in [6.07, 6.45) is 1.91. The molecule has 0 amide bonds. The van der Waals surface area contributed by atoms with Crippen molar-refractivity contribution in [3.8, 4) is 0 Å². The predicted octanol–water partition coefficient (Wildman–Crippen LogP) is 0.920. The Hall–Kier alpha value is -1.36. The number of likely N-dealkylation sites (N-methyl/N-ethyl adjacent to an activating group) is 1. The highest BCUT2D eigenvalue weighted by Gasteiger charge is 2.03. The molecule has 5 heteroatoms. The number of anilines is 2. The number of hydrogen-bond acceptors (Lipinski definition) is 5. The second kappa shape index (κ2) is 5.50. The number of nitrogens with two attached hydrogens (primary N) is 1. The van der Waals surface area contributed by atoms with Gasteiger partial charge in [0.25, 0.3) is 0 Å². The molecule has 0 aromatic carbocycles. The lowest BCUT2D eigenvalue weighted by molar-refractivity contribution is 0.0845. The van der Waals surface area contributed by atoms with E-state index in [0.717, 1.165) is 12.4 Å². The Kier molecular flexibility index (Phi) is 4.30. The Balaban J connectivity index is 2.43. The molecule has 15 heavy (non-hydrogen) atoms. The van der Waals surface area contributed by atoms with Crippen LogP contribution in [0.25, 0.3) is 0 Å². The van der Waals surface area contributed by atoms with Crippen molar-refractivity contribution < 1.29 is 4.74 Å². The Morgan fingerprint density at radius 2 is 2.27 bits per heavy atom. The van der Waals surface area contributed by atoms with Gasteiger partial charge in [0.05, 0.1) is 12.7 Å². The predicted molar refractivity (Wildman–Crippen MR) is 60.8 cm³/mol. The zero-order valence-electron chi connectivity index (χ0n) is 9.47. The van der Waals surface area contributed by atoms with Crippen LogP contribution in [0.4, 0.5) is 11.8 Å². The lowest BCUT2D eigenvalue weighted by Crippen LogP contribution is -2.25. The van der Waals surface area contributed by atoms with Crippen LogP contribution in [0.1, 0.15) is 13.8 Å². The molecule has 0 saturated heterocycles. The van der Waals surface area contributed by atoms with Crippen LogP contribution in [0.2, 0.25) is 0 Å². The summed E-state index contributed by atoms with van der Waals surface area (Å²) in [5, 5.41) is 0. The maximum Gasteiger partial charge on any atom is 0.221 e. The third-order valence-electron chi connectivity index (χ3n) is 1.93. The average molecular weight is 210 g/mol. The topological polar surface area (TPSA) is 64.3 Å². The molecule has 0 spiro atoms. The smallest absolute Gasteiger partial charge is 0.221 e. The van der Waals surface area contributed by atoms with Crippen molar-refractivity contribution in [1.82, 2.24) is 9.97 Å². The molecule has 2 N–H and O–H groups in total. The Bertz CT molecular complexity index is 303. The number of hydrogen-bond donors (Lipinski definition) is 1. The first-order valence-corrected chi connectivity index (χ1v) is 5.01. The third-order valence-corrected chi connectivity index (χ3v) is 1.93. The lowest BCUT2D eigenvalue weighted by atomic mass is 10.4. The minimum absolute atomic E-state index is 0.258. The number of rotatable bonds is 5. The molecule has 0 fully saturated rings. The van der Waals surface area contributed by atoms with Gasteiger partial charge in [-0.2, -0.15) is 4.98 Å². The fourth-order valence-electron chi connectivity index (χ4n) is 1.12. The molecule has 0 radical (unpaired) electrons. The van der Waals surface area contributed by atoms with Crippen LogP contribution in [0, 0.1) is 0 Å². The van der Waals surface area contributed by atoms with Crippen LogP contribution in [0.15, 0.2) is 12.3 Å². The van der Waals surface area contributed by atoms with Gasteiger partial charge in [0.2, 0.25) is 5.95 Å². The number of nitrogen functional groups attached to an aromatic ring is 1. The van der Waals surface area contributed by atoms with Gasteiger partial charge in [-0.05, 0) is 19.9 Å². The molecular formula is C10H18N4O. The van der Waals surface area contributed by atoms with E-state index in [4.69, 9.17) is 10.5 Å². The average Bonchev–Trinajstić information content (AvgIpc) is 2.17. The molecule has 0 unspecified atom stereocenters. The highest BCUT2D eigenvalue weighted by atomic mass is 16.5. The van der Waals surface area contributed by atoms with E-state index >= 15 is 0 Å². The molecule has 84 valence electrons. The zero-order chi connectivity index (χ0) is 11.3. The van der Waals surface area contributed by atoms with Gasteiger partial charge in [-0.3, -0.25) is 0 Å². The lowest BCUT2D eigenvalue weighted by Gasteiger charge is -2.18. The normalized spacial score (nSPS) is 10.7. The van der Waals surface area contributed by atoms with E-state index in [1.807, 2.05) is 31.9 Å². The maximum atomic E-state index is 5.49. The van der Waals surface area contributed by atoms with Crippen molar-refractivity contribution in [2.45, 2.75) is 20.0 Å². The maximum absolute atomic E-state index is 5.49. The fraction of sp³-hybridized carbons (Fsp3) is 0.600. The number of aromatic nitrogens is 2. The monoisotopic (exact) mass is 210 g/mol. The molecule has 0 atom stereocenters. The second-order valence-electron chi connectivity index (χ2n) is 3.61. The number of nitrogens with zero attached hydrogens (tertiary/aromatic N) is 3. The van der Waals surface area contributed by atoms with Gasteiger partial charge in [0, 0.05) is 19.8 Å². The van der Waals surface area contributed by atoms with Crippen molar-refractivity contribution in [2.75, 3.05) is 30.8 Å². The third kappa shape index (κ3) is 4.12. The van der Waals surface area contributed by atoms with E-state index in [2.05, 4.69) is 9.97 Å². The molecule has 1 rings (SSSR count). The van der Waals surface area contributed by atoms with E-state index in [1.165, 1.54) is 0 Å². The molecule has 1 aromatic heterocycles. The van der Waals surface area contributed by atoms with Gasteiger partial charge >= 0.3 is 0 Å². The standard InChI is InChI=1S/C10H18N4O/c1-8(2)15-7-6-14(3)9-4-5-12-10(11)13-9/h4-5,8H,6-7H2,1-3H3,(H2,11,12,13). The summed E-state index contributed by atoms with van der Waals surface area (Å²) in [7, 11) is 1.95. The quantitative estimate of drug-likeness (QED) is 0.783. The van der Waals surface area contributed by atoms with Gasteiger partial charge in [0.15, 0.2) is 0 Å². The van der Waals surface area contributed by atoms with Crippen molar-refractivity contribution in [1.29, 1.82) is 0 Å². The van der Waals surface area contributed by atoms with Crippen LogP contribution in [-0.4, -0.2) is 36.3 Å². The van der Waals surface area contributed by atoms with E-state index < -0.39 is 0 Å². The second-order valence-corrected chi connectivity index (χ2v) is 3.61. The first-order valence-electron chi connectivity index (χ1n) is 5.01. The van der Waals surface area contributed by atoms with Gasteiger partial charge in [-0.1, -0.05) is 0 Å². The Labute approximate surface area is 90.3 Å². The van der Waals surface area contributed by atoms with Gasteiger partial charge < -0.3 is 15.4 Å². The van der Waals surface area contributed by atoms with Crippen LogP contribution >= 0.6 is 0 Å². The van der Waals surface area contributed by atoms with Gasteiger partial charge in [-0.25, -0.2) is 4.98 Å². The molecule has 5 nitrogen and oxygen atoms in total. The molecule has 0 aliphatic heterocycles. The summed E-state index contributed by atoms with van der Waals surface area (Å²) >= 11 is 0. The van der Waals surface area contributed by atoms with Crippen molar-refractivity contribution in [3.05, 3.63) is 12.3 Å². The summed E-state index contributed by atoms with van der Waals surface area (Å²) in [6.45, 7) is 5.50. The first-order chi connectivity index (χ1) is 7.09. The fourth-order valence-corrected chi connectivity index (χ4v) is 1.12. The molecule has 0 aliphatic rings. The first kappa shape index (κ1) is 11.7. The highest BCUT2D eigenvalue weighted by molar-refractivity contribution is 5.39.